The molecular formula is C26H33N3O. The molecule has 4 heteroatoms. The lowest BCUT2D eigenvalue weighted by Gasteiger charge is -2.24. The van der Waals surface area contributed by atoms with Crippen LogP contribution < -0.4 is 10.1 Å². The van der Waals surface area contributed by atoms with Crippen LogP contribution >= 0.6 is 0 Å². The highest BCUT2D eigenvalue weighted by atomic mass is 16.5. The van der Waals surface area contributed by atoms with Gasteiger partial charge in [0.25, 0.3) is 0 Å². The van der Waals surface area contributed by atoms with Crippen molar-refractivity contribution in [2.24, 2.45) is 5.92 Å². The van der Waals surface area contributed by atoms with Gasteiger partial charge in [0.1, 0.15) is 5.75 Å². The Morgan fingerprint density at radius 1 is 1.03 bits per heavy atom. The van der Waals surface area contributed by atoms with E-state index in [1.807, 2.05) is 0 Å². The Morgan fingerprint density at radius 2 is 1.83 bits per heavy atom. The van der Waals surface area contributed by atoms with Crippen molar-refractivity contribution in [1.29, 1.82) is 0 Å². The van der Waals surface area contributed by atoms with E-state index in [0.717, 1.165) is 37.6 Å². The van der Waals surface area contributed by atoms with Gasteiger partial charge in [-0.2, -0.15) is 5.10 Å². The molecule has 1 saturated heterocycles. The predicted octanol–water partition coefficient (Wildman–Crippen LogP) is 5.37. The van der Waals surface area contributed by atoms with E-state index in [1.54, 1.807) is 0 Å². The monoisotopic (exact) mass is 403 g/mol. The van der Waals surface area contributed by atoms with Crippen molar-refractivity contribution in [2.75, 3.05) is 13.2 Å². The SMILES string of the molecule is CC(C)COc1ccc(Cn2nc(Cc3ccccc3)cc2C2CCCCN2)cc1. The molecule has 1 unspecified atom stereocenters. The van der Waals surface area contributed by atoms with Crippen LogP contribution in [0.15, 0.2) is 60.7 Å². The van der Waals surface area contributed by atoms with Crippen molar-refractivity contribution in [1.82, 2.24) is 15.1 Å². The van der Waals surface area contributed by atoms with Gasteiger partial charge in [-0.3, -0.25) is 4.68 Å². The van der Waals surface area contributed by atoms with Crippen molar-refractivity contribution in [3.8, 4) is 5.75 Å². The maximum atomic E-state index is 5.83. The highest BCUT2D eigenvalue weighted by Gasteiger charge is 2.20. The van der Waals surface area contributed by atoms with Gasteiger partial charge in [-0.15, -0.1) is 0 Å². The second-order valence-electron chi connectivity index (χ2n) is 8.73. The van der Waals surface area contributed by atoms with Crippen LogP contribution in [-0.2, 0) is 13.0 Å². The number of ether oxygens (including phenoxy) is 1. The molecular weight excluding hydrogens is 370 g/mol. The Balaban J connectivity index is 1.52. The van der Waals surface area contributed by atoms with Crippen molar-refractivity contribution in [3.63, 3.8) is 0 Å². The van der Waals surface area contributed by atoms with E-state index >= 15 is 0 Å². The first-order valence-electron chi connectivity index (χ1n) is 11.2. The molecule has 2 aromatic carbocycles. The van der Waals surface area contributed by atoms with Gasteiger partial charge in [0.2, 0.25) is 0 Å². The molecule has 30 heavy (non-hydrogen) atoms. The molecule has 1 aliphatic rings. The Labute approximate surface area is 180 Å². The molecule has 0 saturated carbocycles. The number of hydrogen-bond acceptors (Lipinski definition) is 3. The van der Waals surface area contributed by atoms with Crippen molar-refractivity contribution >= 4 is 0 Å². The molecule has 1 aliphatic heterocycles. The number of aromatic nitrogens is 2. The zero-order valence-corrected chi connectivity index (χ0v) is 18.2. The van der Waals surface area contributed by atoms with E-state index < -0.39 is 0 Å². The molecule has 4 rings (SSSR count). The molecule has 2 heterocycles. The molecule has 1 fully saturated rings. The summed E-state index contributed by atoms with van der Waals surface area (Å²) in [5, 5.41) is 8.70. The van der Waals surface area contributed by atoms with E-state index in [1.165, 1.54) is 36.1 Å². The van der Waals surface area contributed by atoms with Crippen LogP contribution in [0.2, 0.25) is 0 Å². The number of piperidine rings is 1. The first-order valence-corrected chi connectivity index (χ1v) is 11.2. The number of nitrogens with zero attached hydrogens (tertiary/aromatic N) is 2. The first kappa shape index (κ1) is 20.7. The van der Waals surface area contributed by atoms with Crippen LogP contribution in [0.1, 0.15) is 61.7 Å². The van der Waals surface area contributed by atoms with Crippen LogP contribution in [0.4, 0.5) is 0 Å². The van der Waals surface area contributed by atoms with Crippen LogP contribution in [0.3, 0.4) is 0 Å². The van der Waals surface area contributed by atoms with Gasteiger partial charge in [-0.1, -0.05) is 62.7 Å². The molecule has 0 bridgehead atoms. The lowest BCUT2D eigenvalue weighted by Crippen LogP contribution is -2.29. The van der Waals surface area contributed by atoms with Crippen LogP contribution in [0, 0.1) is 5.92 Å². The molecule has 1 N–H and O–H groups in total. The zero-order chi connectivity index (χ0) is 20.8. The third-order valence-corrected chi connectivity index (χ3v) is 5.60. The molecule has 3 aromatic rings. The van der Waals surface area contributed by atoms with Gasteiger partial charge in [0.15, 0.2) is 0 Å². The van der Waals surface area contributed by atoms with E-state index in [4.69, 9.17) is 9.84 Å². The average molecular weight is 404 g/mol. The number of hydrogen-bond donors (Lipinski definition) is 1. The highest BCUT2D eigenvalue weighted by molar-refractivity contribution is 5.29. The van der Waals surface area contributed by atoms with E-state index in [-0.39, 0.29) is 0 Å². The van der Waals surface area contributed by atoms with Crippen LogP contribution in [0.5, 0.6) is 5.75 Å². The lowest BCUT2D eigenvalue weighted by molar-refractivity contribution is 0.271. The summed E-state index contributed by atoms with van der Waals surface area (Å²) in [5.74, 6) is 1.47. The van der Waals surface area contributed by atoms with E-state index in [9.17, 15) is 0 Å². The molecule has 0 spiro atoms. The normalized spacial score (nSPS) is 16.7. The summed E-state index contributed by atoms with van der Waals surface area (Å²) in [6.07, 6.45) is 4.59. The molecule has 1 atom stereocenters. The topological polar surface area (TPSA) is 39.1 Å². The minimum absolute atomic E-state index is 0.393. The predicted molar refractivity (Wildman–Crippen MR) is 122 cm³/mol. The second-order valence-corrected chi connectivity index (χ2v) is 8.73. The van der Waals surface area contributed by atoms with Gasteiger partial charge < -0.3 is 10.1 Å². The summed E-state index contributed by atoms with van der Waals surface area (Å²) in [4.78, 5) is 0. The Hall–Kier alpha value is -2.59. The fraction of sp³-hybridized carbons (Fsp3) is 0.423. The minimum Gasteiger partial charge on any atom is -0.493 e. The highest BCUT2D eigenvalue weighted by Crippen LogP contribution is 2.25. The number of rotatable bonds is 8. The minimum atomic E-state index is 0.393. The molecule has 0 amide bonds. The summed E-state index contributed by atoms with van der Waals surface area (Å²) < 4.78 is 8.03. The maximum absolute atomic E-state index is 5.83. The van der Waals surface area contributed by atoms with Gasteiger partial charge in [0.05, 0.1) is 24.5 Å². The van der Waals surface area contributed by atoms with Crippen LogP contribution in [-0.4, -0.2) is 22.9 Å². The zero-order valence-electron chi connectivity index (χ0n) is 18.2. The summed E-state index contributed by atoms with van der Waals surface area (Å²) in [7, 11) is 0. The number of benzene rings is 2. The Kier molecular flexibility index (Phi) is 6.85. The molecule has 158 valence electrons. The standard InChI is InChI=1S/C26H33N3O/c1-20(2)19-30-24-13-11-22(12-14-24)18-29-26(25-10-6-7-15-27-25)17-23(28-29)16-21-8-4-3-5-9-21/h3-5,8-9,11-14,17,20,25,27H,6-7,10,15-16,18-19H2,1-2H3. The van der Waals surface area contributed by atoms with Crippen molar-refractivity contribution < 1.29 is 4.74 Å². The van der Waals surface area contributed by atoms with Crippen LogP contribution in [0.25, 0.3) is 0 Å². The fourth-order valence-corrected chi connectivity index (χ4v) is 4.02. The van der Waals surface area contributed by atoms with E-state index in [0.29, 0.717) is 12.0 Å². The first-order chi connectivity index (χ1) is 14.7. The lowest BCUT2D eigenvalue weighted by atomic mass is 10.0. The quantitative estimate of drug-likeness (QED) is 0.549. The summed E-state index contributed by atoms with van der Waals surface area (Å²) in [5.41, 5.74) is 5.00. The molecule has 1 aromatic heterocycles. The largest absolute Gasteiger partial charge is 0.493 e. The Morgan fingerprint density at radius 3 is 2.53 bits per heavy atom. The molecule has 0 radical (unpaired) electrons. The summed E-state index contributed by atoms with van der Waals surface area (Å²) in [6, 6.07) is 21.8. The summed E-state index contributed by atoms with van der Waals surface area (Å²) >= 11 is 0. The van der Waals surface area contributed by atoms with E-state index in [2.05, 4.69) is 84.5 Å². The van der Waals surface area contributed by atoms with Gasteiger partial charge >= 0.3 is 0 Å². The van der Waals surface area contributed by atoms with Gasteiger partial charge in [-0.05, 0) is 54.6 Å². The fourth-order valence-electron chi connectivity index (χ4n) is 4.02. The van der Waals surface area contributed by atoms with Crippen molar-refractivity contribution in [3.05, 3.63) is 83.2 Å². The van der Waals surface area contributed by atoms with Gasteiger partial charge in [0, 0.05) is 12.5 Å². The average Bonchev–Trinajstić information content (AvgIpc) is 3.16. The maximum Gasteiger partial charge on any atom is 0.119 e. The molecule has 0 aliphatic carbocycles. The summed E-state index contributed by atoms with van der Waals surface area (Å²) in [6.45, 7) is 6.96. The van der Waals surface area contributed by atoms with Gasteiger partial charge in [-0.25, -0.2) is 0 Å². The third-order valence-electron chi connectivity index (χ3n) is 5.60. The third kappa shape index (κ3) is 5.51. The second kappa shape index (κ2) is 9.94. The van der Waals surface area contributed by atoms with Crippen molar-refractivity contribution in [2.45, 2.75) is 52.1 Å². The number of nitrogens with one attached hydrogen (secondary N) is 1. The molecule has 4 nitrogen and oxygen atoms in total. The smallest absolute Gasteiger partial charge is 0.119 e. The Bertz CT molecular complexity index is 909.